The maximum Gasteiger partial charge on any atom is 0.309 e. The lowest BCUT2D eigenvalue weighted by Gasteiger charge is -2.36. The summed E-state index contributed by atoms with van der Waals surface area (Å²) in [4.78, 5) is 43.3. The Balaban J connectivity index is 1.16. The maximum atomic E-state index is 12.7. The van der Waals surface area contributed by atoms with Crippen LogP contribution < -0.4 is 11.1 Å². The average Bonchev–Trinajstić information content (AvgIpc) is 3.63. The number of piperidine rings is 1. The number of aliphatic imine (C=N–C) groups is 2. The van der Waals surface area contributed by atoms with Crippen molar-refractivity contribution in [3.8, 4) is 0 Å². The van der Waals surface area contributed by atoms with Gasteiger partial charge in [-0.2, -0.15) is 0 Å². The van der Waals surface area contributed by atoms with E-state index in [1.807, 2.05) is 43.5 Å². The molecule has 0 radical (unpaired) electrons. The zero-order chi connectivity index (χ0) is 27.6. The van der Waals surface area contributed by atoms with E-state index in [9.17, 15) is 9.59 Å². The molecule has 0 spiro atoms. The third-order valence-corrected chi connectivity index (χ3v) is 8.18. The summed E-state index contributed by atoms with van der Waals surface area (Å²) in [5, 5.41) is 2.82. The van der Waals surface area contributed by atoms with Crippen LogP contribution in [0.15, 0.2) is 71.0 Å². The lowest BCUT2D eigenvalue weighted by molar-refractivity contribution is -0.145. The van der Waals surface area contributed by atoms with Crippen LogP contribution in [0.3, 0.4) is 0 Å². The highest BCUT2D eigenvalue weighted by atomic mass is 16.5. The normalized spacial score (nSPS) is 27.4. The van der Waals surface area contributed by atoms with Gasteiger partial charge in [0, 0.05) is 43.2 Å². The number of nitrogens with zero attached hydrogens (tertiary/aromatic N) is 5. The molecule has 3 aliphatic heterocycles. The third-order valence-electron chi connectivity index (χ3n) is 8.18. The number of carbonyl (C=O) groups is 2. The molecular formula is C30H35N7O3. The topological polar surface area (TPSA) is 126 Å². The van der Waals surface area contributed by atoms with Crippen molar-refractivity contribution in [3.05, 3.63) is 72.2 Å². The Hall–Kier alpha value is -4.05. The fourth-order valence-corrected chi connectivity index (χ4v) is 6.10. The average molecular weight is 542 g/mol. The van der Waals surface area contributed by atoms with Gasteiger partial charge in [0.25, 0.3) is 5.91 Å². The first-order chi connectivity index (χ1) is 19.5. The van der Waals surface area contributed by atoms with Crippen LogP contribution in [0.5, 0.6) is 0 Å². The zero-order valence-electron chi connectivity index (χ0n) is 22.6. The number of nitrogens with two attached hydrogens (primary N) is 1. The number of esters is 1. The Labute approximate surface area is 234 Å². The van der Waals surface area contributed by atoms with Crippen molar-refractivity contribution in [2.45, 2.75) is 38.3 Å². The molecule has 1 saturated heterocycles. The van der Waals surface area contributed by atoms with Gasteiger partial charge in [-0.1, -0.05) is 18.2 Å². The van der Waals surface area contributed by atoms with Gasteiger partial charge in [0.05, 0.1) is 12.5 Å². The molecule has 1 amide bonds. The molecule has 4 aliphatic rings. The molecule has 6 rings (SSSR count). The molecule has 10 heteroatoms. The zero-order valence-corrected chi connectivity index (χ0v) is 22.6. The summed E-state index contributed by atoms with van der Waals surface area (Å²) in [6.07, 6.45) is 8.41. The van der Waals surface area contributed by atoms with E-state index < -0.39 is 0 Å². The van der Waals surface area contributed by atoms with Crippen molar-refractivity contribution in [2.75, 3.05) is 31.6 Å². The van der Waals surface area contributed by atoms with Gasteiger partial charge in [0.15, 0.2) is 0 Å². The van der Waals surface area contributed by atoms with Crippen molar-refractivity contribution in [3.63, 3.8) is 0 Å². The van der Waals surface area contributed by atoms with Crippen LogP contribution in [0.2, 0.25) is 0 Å². The second-order valence-corrected chi connectivity index (χ2v) is 10.9. The van der Waals surface area contributed by atoms with E-state index in [-0.39, 0.29) is 35.8 Å². The van der Waals surface area contributed by atoms with Gasteiger partial charge >= 0.3 is 5.97 Å². The Morgan fingerprint density at radius 2 is 2.02 bits per heavy atom. The van der Waals surface area contributed by atoms with E-state index in [0.717, 1.165) is 50.3 Å². The van der Waals surface area contributed by atoms with E-state index >= 15 is 0 Å². The van der Waals surface area contributed by atoms with Crippen LogP contribution >= 0.6 is 0 Å². The SMILES string of the molecule is CCOC(=O)C1CC1CN1CCCC(C2=NC(c3ccc(C(=O)Nc4ccccn4)cc3)C3C(N)=NC=CN23)C1. The van der Waals surface area contributed by atoms with Crippen LogP contribution in [-0.4, -0.2) is 70.6 Å². The number of amidine groups is 2. The predicted molar refractivity (Wildman–Crippen MR) is 153 cm³/mol. The van der Waals surface area contributed by atoms with Crippen molar-refractivity contribution >= 4 is 29.4 Å². The lowest BCUT2D eigenvalue weighted by Crippen LogP contribution is -2.49. The molecule has 208 valence electrons. The van der Waals surface area contributed by atoms with Gasteiger partial charge in [-0.25, -0.2) is 9.98 Å². The maximum absolute atomic E-state index is 12.7. The highest BCUT2D eigenvalue weighted by Gasteiger charge is 2.46. The van der Waals surface area contributed by atoms with Crippen molar-refractivity contribution < 1.29 is 14.3 Å². The van der Waals surface area contributed by atoms with Gasteiger partial charge in [-0.15, -0.1) is 0 Å². The number of anilines is 1. The smallest absolute Gasteiger partial charge is 0.309 e. The second kappa shape index (κ2) is 11.2. The van der Waals surface area contributed by atoms with Gasteiger partial charge in [-0.05, 0) is 68.5 Å². The summed E-state index contributed by atoms with van der Waals surface area (Å²) in [7, 11) is 0. The first kappa shape index (κ1) is 26.2. The minimum Gasteiger partial charge on any atom is -0.466 e. The van der Waals surface area contributed by atoms with E-state index in [1.54, 1.807) is 24.5 Å². The molecule has 1 aromatic heterocycles. The largest absolute Gasteiger partial charge is 0.466 e. The molecule has 4 heterocycles. The van der Waals surface area contributed by atoms with Crippen LogP contribution in [-0.2, 0) is 9.53 Å². The van der Waals surface area contributed by atoms with Crippen molar-refractivity contribution in [2.24, 2.45) is 33.5 Å². The molecule has 5 unspecified atom stereocenters. The van der Waals surface area contributed by atoms with E-state index in [2.05, 4.69) is 25.1 Å². The molecule has 2 aromatic rings. The molecule has 10 nitrogen and oxygen atoms in total. The highest BCUT2D eigenvalue weighted by molar-refractivity contribution is 6.04. The van der Waals surface area contributed by atoms with E-state index in [0.29, 0.717) is 29.7 Å². The predicted octanol–water partition coefficient (Wildman–Crippen LogP) is 3.21. The summed E-state index contributed by atoms with van der Waals surface area (Å²) in [6.45, 7) is 5.14. The summed E-state index contributed by atoms with van der Waals surface area (Å²) >= 11 is 0. The number of aromatic nitrogens is 1. The first-order valence-electron chi connectivity index (χ1n) is 14.1. The Bertz CT molecular complexity index is 1340. The van der Waals surface area contributed by atoms with Gasteiger partial charge < -0.3 is 25.6 Å². The monoisotopic (exact) mass is 541 g/mol. The van der Waals surface area contributed by atoms with Crippen LogP contribution in [0.1, 0.15) is 48.1 Å². The minimum atomic E-state index is -0.219. The Morgan fingerprint density at radius 3 is 2.80 bits per heavy atom. The number of likely N-dealkylation sites (tertiary alicyclic amines) is 1. The van der Waals surface area contributed by atoms with Crippen molar-refractivity contribution in [1.82, 2.24) is 14.8 Å². The van der Waals surface area contributed by atoms with Gasteiger partial charge in [-0.3, -0.25) is 14.6 Å². The van der Waals surface area contributed by atoms with Crippen LogP contribution in [0.4, 0.5) is 5.82 Å². The minimum absolute atomic E-state index is 0.0490. The second-order valence-electron chi connectivity index (χ2n) is 10.9. The molecular weight excluding hydrogens is 506 g/mol. The molecule has 2 fully saturated rings. The summed E-state index contributed by atoms with van der Waals surface area (Å²) in [6, 6.07) is 12.5. The number of nitrogens with one attached hydrogen (secondary N) is 1. The Kier molecular flexibility index (Phi) is 7.34. The summed E-state index contributed by atoms with van der Waals surface area (Å²) in [5.74, 6) is 2.50. The summed E-state index contributed by atoms with van der Waals surface area (Å²) in [5.41, 5.74) is 7.96. The number of amides is 1. The number of ether oxygens (including phenoxy) is 1. The number of carbonyl (C=O) groups excluding carboxylic acids is 2. The fraction of sp³-hybridized carbons (Fsp3) is 0.433. The molecule has 1 aliphatic carbocycles. The molecule has 1 aromatic carbocycles. The molecule has 40 heavy (non-hydrogen) atoms. The summed E-state index contributed by atoms with van der Waals surface area (Å²) < 4.78 is 5.22. The number of rotatable bonds is 8. The molecule has 1 saturated carbocycles. The third kappa shape index (κ3) is 5.36. The molecule has 5 atom stereocenters. The number of hydrogen-bond donors (Lipinski definition) is 2. The highest BCUT2D eigenvalue weighted by Crippen LogP contribution is 2.41. The van der Waals surface area contributed by atoms with E-state index in [4.69, 9.17) is 15.5 Å². The number of fused-ring (bicyclic) bond motifs is 1. The van der Waals surface area contributed by atoms with E-state index in [1.165, 1.54) is 0 Å². The fourth-order valence-electron chi connectivity index (χ4n) is 6.10. The van der Waals surface area contributed by atoms with Crippen LogP contribution in [0.25, 0.3) is 0 Å². The Morgan fingerprint density at radius 1 is 1.18 bits per heavy atom. The quantitative estimate of drug-likeness (QED) is 0.492. The number of pyridine rings is 1. The standard InChI is InChI=1S/C30H35N7O3/c1-2-40-30(39)23-16-22(23)18-36-14-5-6-21(17-36)28-35-25(26-27(31)33-13-15-37(26)28)19-8-10-20(11-9-19)29(38)34-24-7-3-4-12-32-24/h3-4,7-13,15,21-23,25-26H,2,5-6,14,16-18H2,1H3,(H2,31,33)(H,32,34,38). The first-order valence-corrected chi connectivity index (χ1v) is 14.1. The molecule has 0 bridgehead atoms. The van der Waals surface area contributed by atoms with Crippen LogP contribution in [0, 0.1) is 17.8 Å². The number of hydrogen-bond acceptors (Lipinski definition) is 9. The number of benzene rings is 1. The lowest BCUT2D eigenvalue weighted by atomic mass is 9.95. The van der Waals surface area contributed by atoms with Crippen molar-refractivity contribution in [1.29, 1.82) is 0 Å². The molecule has 3 N–H and O–H groups in total. The van der Waals surface area contributed by atoms with Gasteiger partial charge in [0.2, 0.25) is 0 Å². The van der Waals surface area contributed by atoms with Gasteiger partial charge in [0.1, 0.15) is 29.6 Å².